The molecule has 0 aromatic rings. The van der Waals surface area contributed by atoms with E-state index in [-0.39, 0.29) is 6.04 Å². The average molecular weight is 255 g/mol. The third kappa shape index (κ3) is 3.71. The Balaban J connectivity index is 2.57. The van der Waals surface area contributed by atoms with Crippen LogP contribution in [0.1, 0.15) is 59.8 Å². The highest BCUT2D eigenvalue weighted by Crippen LogP contribution is 2.41. The number of aliphatic carboxylic acids is 1. The fourth-order valence-corrected chi connectivity index (χ4v) is 3.39. The molecule has 1 heterocycles. The van der Waals surface area contributed by atoms with Gasteiger partial charge in [0.15, 0.2) is 0 Å². The van der Waals surface area contributed by atoms with Gasteiger partial charge in [-0.3, -0.25) is 9.69 Å². The highest BCUT2D eigenvalue weighted by Gasteiger charge is 2.45. The van der Waals surface area contributed by atoms with E-state index in [2.05, 4.69) is 32.6 Å². The zero-order valence-corrected chi connectivity index (χ0v) is 12.4. The van der Waals surface area contributed by atoms with Gasteiger partial charge >= 0.3 is 5.97 Å². The van der Waals surface area contributed by atoms with Crippen LogP contribution in [-0.2, 0) is 4.79 Å². The minimum absolute atomic E-state index is 0.271. The highest BCUT2D eigenvalue weighted by molar-refractivity contribution is 5.73. The molecule has 1 N–H and O–H groups in total. The van der Waals surface area contributed by atoms with Gasteiger partial charge in [-0.1, -0.05) is 40.5 Å². The number of rotatable bonds is 8. The lowest BCUT2D eigenvalue weighted by Crippen LogP contribution is -2.61. The van der Waals surface area contributed by atoms with Crippen LogP contribution >= 0.6 is 0 Å². The summed E-state index contributed by atoms with van der Waals surface area (Å²) in [6.07, 6.45) is 5.66. The van der Waals surface area contributed by atoms with Gasteiger partial charge in [-0.2, -0.15) is 0 Å². The van der Waals surface area contributed by atoms with Gasteiger partial charge in [0, 0.05) is 13.1 Å². The number of nitrogens with zero attached hydrogens (tertiary/aromatic N) is 1. The molecule has 0 aliphatic carbocycles. The number of carboxylic acid groups (broad SMARTS) is 1. The zero-order valence-electron chi connectivity index (χ0n) is 12.4. The van der Waals surface area contributed by atoms with Gasteiger partial charge in [0.2, 0.25) is 0 Å². The van der Waals surface area contributed by atoms with E-state index in [1.807, 2.05) is 0 Å². The zero-order chi connectivity index (χ0) is 13.8. The standard InChI is InChI=1S/C15H29NO2/c1-5-7-15(8-6-2)10-16(11-15)13(14(17)18)9-12(3)4/h12-13H,5-11H2,1-4H3,(H,17,18). The van der Waals surface area contributed by atoms with Crippen LogP contribution in [0, 0.1) is 11.3 Å². The summed E-state index contributed by atoms with van der Waals surface area (Å²) in [6.45, 7) is 10.6. The Morgan fingerprint density at radius 2 is 1.72 bits per heavy atom. The molecule has 0 aromatic heterocycles. The van der Waals surface area contributed by atoms with E-state index < -0.39 is 5.97 Å². The molecule has 1 saturated heterocycles. The van der Waals surface area contributed by atoms with Crippen molar-refractivity contribution in [1.82, 2.24) is 4.90 Å². The maximum absolute atomic E-state index is 11.4. The van der Waals surface area contributed by atoms with Gasteiger partial charge in [-0.25, -0.2) is 0 Å². The third-order valence-electron chi connectivity index (χ3n) is 4.06. The van der Waals surface area contributed by atoms with Crippen molar-refractivity contribution in [3.8, 4) is 0 Å². The van der Waals surface area contributed by atoms with Crippen molar-refractivity contribution in [2.75, 3.05) is 13.1 Å². The topological polar surface area (TPSA) is 40.5 Å². The lowest BCUT2D eigenvalue weighted by atomic mass is 9.71. The Labute approximate surface area is 112 Å². The van der Waals surface area contributed by atoms with Crippen LogP contribution in [0.2, 0.25) is 0 Å². The van der Waals surface area contributed by atoms with Crippen molar-refractivity contribution in [2.24, 2.45) is 11.3 Å². The second kappa shape index (κ2) is 6.55. The lowest BCUT2D eigenvalue weighted by Gasteiger charge is -2.53. The quantitative estimate of drug-likeness (QED) is 0.722. The molecule has 0 saturated carbocycles. The fraction of sp³-hybridized carbons (Fsp3) is 0.933. The molecule has 18 heavy (non-hydrogen) atoms. The Morgan fingerprint density at radius 1 is 1.22 bits per heavy atom. The van der Waals surface area contributed by atoms with Crippen molar-refractivity contribution in [2.45, 2.75) is 65.8 Å². The van der Waals surface area contributed by atoms with Gasteiger partial charge in [0.1, 0.15) is 6.04 Å². The molecule has 106 valence electrons. The molecule has 1 atom stereocenters. The Kier molecular flexibility index (Phi) is 5.64. The second-order valence-corrected chi connectivity index (χ2v) is 6.39. The highest BCUT2D eigenvalue weighted by atomic mass is 16.4. The molecule has 0 aromatic carbocycles. The van der Waals surface area contributed by atoms with E-state index in [9.17, 15) is 9.90 Å². The van der Waals surface area contributed by atoms with E-state index in [0.29, 0.717) is 11.3 Å². The van der Waals surface area contributed by atoms with Crippen molar-refractivity contribution < 1.29 is 9.90 Å². The number of carbonyl (C=O) groups is 1. The van der Waals surface area contributed by atoms with Crippen LogP contribution in [0.4, 0.5) is 0 Å². The smallest absolute Gasteiger partial charge is 0.320 e. The minimum atomic E-state index is -0.648. The van der Waals surface area contributed by atoms with E-state index >= 15 is 0 Å². The van der Waals surface area contributed by atoms with Crippen LogP contribution in [0.15, 0.2) is 0 Å². The minimum Gasteiger partial charge on any atom is -0.480 e. The van der Waals surface area contributed by atoms with E-state index in [1.165, 1.54) is 25.7 Å². The van der Waals surface area contributed by atoms with Crippen molar-refractivity contribution in [3.63, 3.8) is 0 Å². The van der Waals surface area contributed by atoms with Crippen molar-refractivity contribution in [3.05, 3.63) is 0 Å². The van der Waals surface area contributed by atoms with E-state index in [0.717, 1.165) is 19.5 Å². The molecule has 0 radical (unpaired) electrons. The van der Waals surface area contributed by atoms with Crippen LogP contribution in [0.5, 0.6) is 0 Å². The maximum Gasteiger partial charge on any atom is 0.320 e. The lowest BCUT2D eigenvalue weighted by molar-refractivity contribution is -0.151. The predicted octanol–water partition coefficient (Wildman–Crippen LogP) is 3.39. The second-order valence-electron chi connectivity index (χ2n) is 6.39. The molecule has 1 rings (SSSR count). The SMILES string of the molecule is CCCC1(CCC)CN(C(CC(C)C)C(=O)O)C1. The number of hydrogen-bond acceptors (Lipinski definition) is 2. The first kappa shape index (κ1) is 15.5. The first-order valence-electron chi connectivity index (χ1n) is 7.41. The van der Waals surface area contributed by atoms with Crippen molar-refractivity contribution >= 4 is 5.97 Å². The monoisotopic (exact) mass is 255 g/mol. The van der Waals surface area contributed by atoms with Crippen LogP contribution in [0.3, 0.4) is 0 Å². The largest absolute Gasteiger partial charge is 0.480 e. The number of hydrogen-bond donors (Lipinski definition) is 1. The molecule has 3 heteroatoms. The molecular formula is C15H29NO2. The molecular weight excluding hydrogens is 226 g/mol. The fourth-order valence-electron chi connectivity index (χ4n) is 3.39. The molecule has 3 nitrogen and oxygen atoms in total. The van der Waals surface area contributed by atoms with Gasteiger partial charge in [-0.15, -0.1) is 0 Å². The average Bonchev–Trinajstić information content (AvgIpc) is 2.22. The van der Waals surface area contributed by atoms with E-state index in [4.69, 9.17) is 0 Å². The summed E-state index contributed by atoms with van der Waals surface area (Å²) in [7, 11) is 0. The first-order valence-corrected chi connectivity index (χ1v) is 7.41. The molecule has 1 aliphatic heterocycles. The summed E-state index contributed by atoms with van der Waals surface area (Å²) >= 11 is 0. The summed E-state index contributed by atoms with van der Waals surface area (Å²) in [4.78, 5) is 13.5. The third-order valence-corrected chi connectivity index (χ3v) is 4.06. The summed E-state index contributed by atoms with van der Waals surface area (Å²) in [6, 6.07) is -0.271. The number of carboxylic acids is 1. The summed E-state index contributed by atoms with van der Waals surface area (Å²) in [5.41, 5.74) is 0.411. The molecule has 0 spiro atoms. The number of likely N-dealkylation sites (tertiary alicyclic amines) is 1. The van der Waals surface area contributed by atoms with E-state index in [1.54, 1.807) is 0 Å². The van der Waals surface area contributed by atoms with Crippen LogP contribution < -0.4 is 0 Å². The molecule has 1 fully saturated rings. The summed E-state index contributed by atoms with van der Waals surface area (Å²) in [5.74, 6) is -0.205. The Hall–Kier alpha value is -0.570. The Bertz CT molecular complexity index is 262. The first-order chi connectivity index (χ1) is 8.44. The normalized spacial score (nSPS) is 20.7. The Morgan fingerprint density at radius 3 is 2.06 bits per heavy atom. The van der Waals surface area contributed by atoms with Crippen LogP contribution in [-0.4, -0.2) is 35.1 Å². The molecule has 1 unspecified atom stereocenters. The van der Waals surface area contributed by atoms with Gasteiger partial charge in [-0.05, 0) is 30.6 Å². The predicted molar refractivity (Wildman–Crippen MR) is 74.7 cm³/mol. The van der Waals surface area contributed by atoms with Gasteiger partial charge < -0.3 is 5.11 Å². The van der Waals surface area contributed by atoms with Gasteiger partial charge in [0.25, 0.3) is 0 Å². The molecule has 1 aliphatic rings. The molecule has 0 amide bonds. The summed E-state index contributed by atoms with van der Waals surface area (Å²) in [5, 5.41) is 9.35. The summed E-state index contributed by atoms with van der Waals surface area (Å²) < 4.78 is 0. The van der Waals surface area contributed by atoms with Gasteiger partial charge in [0.05, 0.1) is 0 Å². The molecule has 0 bridgehead atoms. The maximum atomic E-state index is 11.4. The van der Waals surface area contributed by atoms with Crippen molar-refractivity contribution in [1.29, 1.82) is 0 Å². The van der Waals surface area contributed by atoms with Crippen LogP contribution in [0.25, 0.3) is 0 Å².